The third-order valence-corrected chi connectivity index (χ3v) is 2.15. The van der Waals surface area contributed by atoms with Crippen LogP contribution < -0.4 is 0 Å². The molecule has 0 aliphatic carbocycles. The number of rotatable bonds is 7. The van der Waals surface area contributed by atoms with Gasteiger partial charge in [-0.3, -0.25) is 9.18 Å². The Balaban J connectivity index is -0.000000307. The lowest BCUT2D eigenvalue weighted by Crippen LogP contribution is -2.14. The molecule has 0 N–H and O–H groups in total. The second-order valence-electron chi connectivity index (χ2n) is 4.03. The minimum absolute atomic E-state index is 0.164. The van der Waals surface area contributed by atoms with E-state index in [9.17, 15) is 22.4 Å². The number of ether oxygens (including phenoxy) is 2. The van der Waals surface area contributed by atoms with Crippen LogP contribution in [0.5, 0.6) is 0 Å². The van der Waals surface area contributed by atoms with E-state index in [0.717, 1.165) is 6.42 Å². The summed E-state index contributed by atoms with van der Waals surface area (Å²) in [6.07, 6.45) is -2.75. The quantitative estimate of drug-likeness (QED) is 0.388. The Hall–Kier alpha value is -0.850. The molecule has 0 aliphatic heterocycles. The molecule has 0 rings (SSSR count). The Morgan fingerprint density at radius 3 is 1.90 bits per heavy atom. The van der Waals surface area contributed by atoms with Gasteiger partial charge in [0.15, 0.2) is 0 Å². The first-order chi connectivity index (χ1) is 9.76. The molecule has 0 fully saturated rings. The number of carbonyl (C=O) groups excluding carboxylic acids is 1. The zero-order valence-corrected chi connectivity index (χ0v) is 13.6. The zero-order chi connectivity index (χ0) is 17.3. The number of alkyl halides is 4. The average Bonchev–Trinajstić information content (AvgIpc) is 2.44. The second-order valence-corrected chi connectivity index (χ2v) is 4.03. The minimum Gasteiger partial charge on any atom is -0.463 e. The molecule has 7 heteroatoms. The number of esters is 1. The van der Waals surface area contributed by atoms with E-state index in [-0.39, 0.29) is 18.5 Å². The van der Waals surface area contributed by atoms with Crippen LogP contribution in [-0.4, -0.2) is 38.6 Å². The van der Waals surface area contributed by atoms with Crippen molar-refractivity contribution in [1.82, 2.24) is 0 Å². The van der Waals surface area contributed by atoms with Crippen LogP contribution in [0.4, 0.5) is 17.6 Å². The molecular formula is C14H28F4O3. The number of halogens is 4. The molecule has 0 saturated heterocycles. The highest BCUT2D eigenvalue weighted by atomic mass is 19.4. The van der Waals surface area contributed by atoms with Crippen LogP contribution >= 0.6 is 0 Å². The van der Waals surface area contributed by atoms with Gasteiger partial charge in [-0.05, 0) is 19.8 Å². The first-order valence-corrected chi connectivity index (χ1v) is 6.98. The van der Waals surface area contributed by atoms with E-state index in [4.69, 9.17) is 9.47 Å². The molecule has 1 atom stereocenters. The molecule has 0 bridgehead atoms. The first-order valence-electron chi connectivity index (χ1n) is 6.98. The average molecular weight is 320 g/mol. The van der Waals surface area contributed by atoms with Gasteiger partial charge in [-0.2, -0.15) is 13.2 Å². The summed E-state index contributed by atoms with van der Waals surface area (Å²) >= 11 is 0. The van der Waals surface area contributed by atoms with Gasteiger partial charge in [0.2, 0.25) is 0 Å². The number of carbonyl (C=O) groups is 1. The van der Waals surface area contributed by atoms with E-state index >= 15 is 0 Å². The van der Waals surface area contributed by atoms with Crippen molar-refractivity contribution in [3.05, 3.63) is 0 Å². The molecule has 1 unspecified atom stereocenters. The summed E-state index contributed by atoms with van der Waals surface area (Å²) in [5.41, 5.74) is 0. The molecule has 0 saturated carbocycles. The van der Waals surface area contributed by atoms with Crippen LogP contribution in [-0.2, 0) is 14.3 Å². The molecular weight excluding hydrogens is 292 g/mol. The topological polar surface area (TPSA) is 35.5 Å². The Labute approximate surface area is 125 Å². The van der Waals surface area contributed by atoms with Crippen molar-refractivity contribution in [3.8, 4) is 0 Å². The molecule has 3 nitrogen and oxygen atoms in total. The van der Waals surface area contributed by atoms with E-state index in [1.54, 1.807) is 6.92 Å². The van der Waals surface area contributed by atoms with Crippen LogP contribution in [0.2, 0.25) is 0 Å². The van der Waals surface area contributed by atoms with E-state index in [1.165, 1.54) is 6.92 Å². The molecule has 0 aromatic carbocycles. The van der Waals surface area contributed by atoms with Gasteiger partial charge in [0, 0.05) is 12.8 Å². The van der Waals surface area contributed by atoms with E-state index in [1.807, 2.05) is 6.92 Å². The smallest absolute Gasteiger partial charge is 0.389 e. The Morgan fingerprint density at radius 1 is 1.10 bits per heavy atom. The van der Waals surface area contributed by atoms with Gasteiger partial charge in [0.05, 0.1) is 19.9 Å². The van der Waals surface area contributed by atoms with Crippen LogP contribution in [0, 0.1) is 0 Å². The summed E-state index contributed by atoms with van der Waals surface area (Å²) in [5.74, 6) is -0.164. The SMILES string of the molecule is CCC(=O)OCCOC(C)CC.CCCC(F)(F)F.CF. The van der Waals surface area contributed by atoms with Crippen molar-refractivity contribution in [2.24, 2.45) is 0 Å². The lowest BCUT2D eigenvalue weighted by Gasteiger charge is -2.09. The summed E-state index contributed by atoms with van der Waals surface area (Å²) in [5, 5.41) is 0. The van der Waals surface area contributed by atoms with Gasteiger partial charge < -0.3 is 9.47 Å². The van der Waals surface area contributed by atoms with Crippen molar-refractivity contribution < 1.29 is 31.8 Å². The molecule has 0 heterocycles. The fraction of sp³-hybridized carbons (Fsp3) is 0.929. The highest BCUT2D eigenvalue weighted by molar-refractivity contribution is 5.68. The van der Waals surface area contributed by atoms with E-state index in [2.05, 4.69) is 6.92 Å². The maximum absolute atomic E-state index is 11.1. The Bertz CT molecular complexity index is 221. The van der Waals surface area contributed by atoms with E-state index in [0.29, 0.717) is 26.8 Å². The summed E-state index contributed by atoms with van der Waals surface area (Å²) in [4.78, 5) is 10.6. The molecule has 0 spiro atoms. The number of hydrogen-bond donors (Lipinski definition) is 0. The predicted octanol–water partition coefficient (Wildman–Crippen LogP) is 4.69. The molecule has 21 heavy (non-hydrogen) atoms. The fourth-order valence-electron chi connectivity index (χ4n) is 0.908. The molecule has 0 aromatic rings. The maximum Gasteiger partial charge on any atom is 0.389 e. The Kier molecular flexibility index (Phi) is 20.6. The molecule has 0 aromatic heterocycles. The van der Waals surface area contributed by atoms with Crippen molar-refractivity contribution in [2.75, 3.05) is 20.4 Å². The summed E-state index contributed by atoms with van der Waals surface area (Å²) in [7, 11) is 0.500. The Morgan fingerprint density at radius 2 is 1.62 bits per heavy atom. The van der Waals surface area contributed by atoms with Crippen LogP contribution in [0.3, 0.4) is 0 Å². The standard InChI is InChI=1S/C9H18O3.C4H7F3.CH3F/c1-4-8(3)11-6-7-12-9(10)5-2;1-2-3-4(5,6)7;1-2/h8H,4-7H2,1-3H3;2-3H2,1H3;1H3. The van der Waals surface area contributed by atoms with E-state index < -0.39 is 12.6 Å². The van der Waals surface area contributed by atoms with Crippen molar-refractivity contribution >= 4 is 5.97 Å². The fourth-order valence-corrected chi connectivity index (χ4v) is 0.908. The normalized spacial score (nSPS) is 11.5. The second kappa shape index (κ2) is 17.2. The van der Waals surface area contributed by atoms with Crippen molar-refractivity contribution in [2.45, 2.75) is 65.7 Å². The minimum atomic E-state index is -3.95. The lowest BCUT2D eigenvalue weighted by molar-refractivity contribution is -0.145. The lowest BCUT2D eigenvalue weighted by atomic mass is 10.3. The number of hydrogen-bond acceptors (Lipinski definition) is 3. The van der Waals surface area contributed by atoms with Crippen LogP contribution in [0.1, 0.15) is 53.4 Å². The third kappa shape index (κ3) is 28.1. The third-order valence-electron chi connectivity index (χ3n) is 2.15. The van der Waals surface area contributed by atoms with Gasteiger partial charge in [-0.25, -0.2) is 0 Å². The van der Waals surface area contributed by atoms with Crippen LogP contribution in [0.25, 0.3) is 0 Å². The first kappa shape index (κ1) is 25.1. The highest BCUT2D eigenvalue weighted by Gasteiger charge is 2.24. The van der Waals surface area contributed by atoms with Crippen LogP contribution in [0.15, 0.2) is 0 Å². The highest BCUT2D eigenvalue weighted by Crippen LogP contribution is 2.20. The largest absolute Gasteiger partial charge is 0.463 e. The van der Waals surface area contributed by atoms with Crippen molar-refractivity contribution in [1.29, 1.82) is 0 Å². The zero-order valence-electron chi connectivity index (χ0n) is 13.6. The van der Waals surface area contributed by atoms with Crippen molar-refractivity contribution in [3.63, 3.8) is 0 Å². The summed E-state index contributed by atoms with van der Waals surface area (Å²) in [6.45, 7) is 8.22. The maximum atomic E-state index is 11.1. The van der Waals surface area contributed by atoms with Gasteiger partial charge in [-0.15, -0.1) is 0 Å². The van der Waals surface area contributed by atoms with Gasteiger partial charge in [0.25, 0.3) is 0 Å². The summed E-state index contributed by atoms with van der Waals surface area (Å²) in [6, 6.07) is 0. The molecule has 0 radical (unpaired) electrons. The molecule has 0 aliphatic rings. The molecule has 0 amide bonds. The molecule has 130 valence electrons. The predicted molar refractivity (Wildman–Crippen MR) is 75.0 cm³/mol. The monoisotopic (exact) mass is 320 g/mol. The summed E-state index contributed by atoms with van der Waals surface area (Å²) < 4.78 is 52.8. The van der Waals surface area contributed by atoms with Gasteiger partial charge >= 0.3 is 12.1 Å². The van der Waals surface area contributed by atoms with Gasteiger partial charge in [-0.1, -0.05) is 20.8 Å². The van der Waals surface area contributed by atoms with Gasteiger partial charge in [0.1, 0.15) is 6.61 Å².